The summed E-state index contributed by atoms with van der Waals surface area (Å²) < 4.78 is 4.20. The zero-order chi connectivity index (χ0) is 20.4. The maximum Gasteiger partial charge on any atom is 0.261 e. The van der Waals surface area contributed by atoms with E-state index in [0.29, 0.717) is 6.54 Å². The standard InChI is InChI=1S/C21H22BrIN4OS/c22-17-12-25-27-8-2-5-18-16(20(17)27)11-19(29-18)21(28)26-15(6-7-24)10-13-3-1-4-14(23)9-13/h1,3-4,9,11-12,15H,2,5-8,10,24H2,(H,26,28). The van der Waals surface area contributed by atoms with Gasteiger partial charge in [-0.3, -0.25) is 9.48 Å². The fourth-order valence-electron chi connectivity index (χ4n) is 3.75. The fourth-order valence-corrected chi connectivity index (χ4v) is 5.97. The number of thiophene rings is 1. The first-order valence-electron chi connectivity index (χ1n) is 9.65. The molecule has 1 aliphatic rings. The second-order valence-corrected chi connectivity index (χ2v) is 10.4. The van der Waals surface area contributed by atoms with Gasteiger partial charge in [0.15, 0.2) is 0 Å². The van der Waals surface area contributed by atoms with E-state index in [1.165, 1.54) is 14.0 Å². The number of benzene rings is 1. The maximum absolute atomic E-state index is 13.0. The highest BCUT2D eigenvalue weighted by Gasteiger charge is 2.24. The summed E-state index contributed by atoms with van der Waals surface area (Å²) in [6, 6.07) is 10.4. The van der Waals surface area contributed by atoms with E-state index >= 15 is 0 Å². The van der Waals surface area contributed by atoms with Gasteiger partial charge in [0.05, 0.1) is 21.2 Å². The van der Waals surface area contributed by atoms with Crippen LogP contribution in [-0.2, 0) is 19.4 Å². The van der Waals surface area contributed by atoms with Gasteiger partial charge in [-0.2, -0.15) is 5.10 Å². The molecule has 3 N–H and O–H groups in total. The van der Waals surface area contributed by atoms with Crippen molar-refractivity contribution in [3.63, 3.8) is 0 Å². The van der Waals surface area contributed by atoms with Crippen molar-refractivity contribution in [2.24, 2.45) is 5.73 Å². The average Bonchev–Trinajstić information content (AvgIpc) is 3.21. The van der Waals surface area contributed by atoms with Gasteiger partial charge in [0, 0.05) is 26.6 Å². The van der Waals surface area contributed by atoms with Crippen molar-refractivity contribution >= 4 is 55.8 Å². The molecule has 0 aliphatic carbocycles. The molecule has 2 aromatic heterocycles. The second kappa shape index (κ2) is 9.28. The van der Waals surface area contributed by atoms with Gasteiger partial charge >= 0.3 is 0 Å². The molecule has 3 aromatic rings. The number of aryl methyl sites for hydroxylation is 2. The highest BCUT2D eigenvalue weighted by Crippen LogP contribution is 2.38. The van der Waals surface area contributed by atoms with Crippen LogP contribution >= 0.6 is 49.9 Å². The lowest BCUT2D eigenvalue weighted by Gasteiger charge is -2.18. The Bertz CT molecular complexity index is 1030. The minimum Gasteiger partial charge on any atom is -0.348 e. The van der Waals surface area contributed by atoms with E-state index in [1.807, 2.05) is 16.9 Å². The largest absolute Gasteiger partial charge is 0.348 e. The number of hydrogen-bond acceptors (Lipinski definition) is 4. The van der Waals surface area contributed by atoms with E-state index in [-0.39, 0.29) is 11.9 Å². The molecule has 5 nitrogen and oxygen atoms in total. The smallest absolute Gasteiger partial charge is 0.261 e. The molecule has 0 fully saturated rings. The minimum atomic E-state index is -0.0191. The van der Waals surface area contributed by atoms with Gasteiger partial charge in [0.1, 0.15) is 0 Å². The second-order valence-electron chi connectivity index (χ2n) is 7.20. The van der Waals surface area contributed by atoms with E-state index < -0.39 is 0 Å². The molecule has 1 aromatic carbocycles. The number of aromatic nitrogens is 2. The van der Waals surface area contributed by atoms with Gasteiger partial charge in [-0.15, -0.1) is 11.3 Å². The molecule has 1 unspecified atom stereocenters. The zero-order valence-electron chi connectivity index (χ0n) is 15.8. The van der Waals surface area contributed by atoms with E-state index in [1.54, 1.807) is 11.3 Å². The van der Waals surface area contributed by atoms with Crippen molar-refractivity contribution in [1.29, 1.82) is 0 Å². The van der Waals surface area contributed by atoms with Crippen LogP contribution in [-0.4, -0.2) is 28.3 Å². The molecule has 1 aliphatic heterocycles. The number of nitrogens with zero attached hydrogens (tertiary/aromatic N) is 2. The van der Waals surface area contributed by atoms with Gasteiger partial charge in [-0.25, -0.2) is 0 Å². The van der Waals surface area contributed by atoms with Crippen LogP contribution < -0.4 is 11.1 Å². The normalized spacial score (nSPS) is 14.0. The number of nitrogens with one attached hydrogen (secondary N) is 1. The Balaban J connectivity index is 1.55. The van der Waals surface area contributed by atoms with Crippen LogP contribution in [0.4, 0.5) is 0 Å². The summed E-state index contributed by atoms with van der Waals surface area (Å²) >= 11 is 7.52. The van der Waals surface area contributed by atoms with Crippen molar-refractivity contribution in [2.75, 3.05) is 6.54 Å². The Morgan fingerprint density at radius 2 is 2.28 bits per heavy atom. The molecule has 0 bridgehead atoms. The van der Waals surface area contributed by atoms with E-state index in [2.05, 4.69) is 73.2 Å². The molecule has 1 amide bonds. The van der Waals surface area contributed by atoms with Crippen LogP contribution in [0.25, 0.3) is 11.3 Å². The molecule has 0 saturated carbocycles. The number of hydrogen-bond donors (Lipinski definition) is 2. The lowest BCUT2D eigenvalue weighted by molar-refractivity contribution is 0.0939. The topological polar surface area (TPSA) is 72.9 Å². The average molecular weight is 585 g/mol. The molecule has 0 saturated heterocycles. The Labute approximate surface area is 196 Å². The summed E-state index contributed by atoms with van der Waals surface area (Å²) in [7, 11) is 0. The van der Waals surface area contributed by atoms with E-state index in [9.17, 15) is 4.79 Å². The Kier molecular flexibility index (Phi) is 6.73. The summed E-state index contributed by atoms with van der Waals surface area (Å²) in [5.41, 5.74) is 9.23. The van der Waals surface area contributed by atoms with Gasteiger partial charge in [-0.05, 0) is 94.5 Å². The molecule has 3 heterocycles. The lowest BCUT2D eigenvalue weighted by Crippen LogP contribution is -2.37. The van der Waals surface area contributed by atoms with Crippen LogP contribution in [0.5, 0.6) is 0 Å². The molecule has 1 atom stereocenters. The summed E-state index contributed by atoms with van der Waals surface area (Å²) in [5, 5.41) is 7.67. The van der Waals surface area contributed by atoms with Gasteiger partial charge in [0.2, 0.25) is 0 Å². The summed E-state index contributed by atoms with van der Waals surface area (Å²) in [6.07, 6.45) is 5.36. The molecule has 152 valence electrons. The van der Waals surface area contributed by atoms with Gasteiger partial charge < -0.3 is 11.1 Å². The molecule has 0 spiro atoms. The highest BCUT2D eigenvalue weighted by atomic mass is 127. The van der Waals surface area contributed by atoms with Crippen molar-refractivity contribution < 1.29 is 4.79 Å². The van der Waals surface area contributed by atoms with Crippen LogP contribution in [0.2, 0.25) is 0 Å². The predicted molar refractivity (Wildman–Crippen MR) is 129 cm³/mol. The summed E-state index contributed by atoms with van der Waals surface area (Å²) in [6.45, 7) is 1.44. The van der Waals surface area contributed by atoms with Gasteiger partial charge in [-0.1, -0.05) is 12.1 Å². The number of amides is 1. The molecule has 8 heteroatoms. The fraction of sp³-hybridized carbons (Fsp3) is 0.333. The minimum absolute atomic E-state index is 0.0184. The quantitative estimate of drug-likeness (QED) is 0.416. The van der Waals surface area contributed by atoms with Crippen LogP contribution in [0.15, 0.2) is 41.0 Å². The highest BCUT2D eigenvalue weighted by molar-refractivity contribution is 14.1. The predicted octanol–water partition coefficient (Wildman–Crippen LogP) is 4.61. The number of fused-ring (bicyclic) bond motifs is 3. The van der Waals surface area contributed by atoms with Crippen molar-refractivity contribution in [3.05, 3.63) is 59.9 Å². The Morgan fingerprint density at radius 3 is 3.07 bits per heavy atom. The van der Waals surface area contributed by atoms with Gasteiger partial charge in [0.25, 0.3) is 5.91 Å². The lowest BCUT2D eigenvalue weighted by atomic mass is 10.0. The Hall–Kier alpha value is -1.23. The van der Waals surface area contributed by atoms with E-state index in [4.69, 9.17) is 5.73 Å². The van der Waals surface area contributed by atoms with Crippen molar-refractivity contribution in [1.82, 2.24) is 15.1 Å². The van der Waals surface area contributed by atoms with Crippen LogP contribution in [0.3, 0.4) is 0 Å². The third-order valence-corrected chi connectivity index (χ3v) is 7.52. The van der Waals surface area contributed by atoms with Crippen LogP contribution in [0, 0.1) is 3.57 Å². The van der Waals surface area contributed by atoms with Crippen LogP contribution in [0.1, 0.15) is 33.0 Å². The van der Waals surface area contributed by atoms with Crippen molar-refractivity contribution in [3.8, 4) is 11.3 Å². The molecular formula is C21H22BrIN4OS. The number of halogens is 2. The number of nitrogens with two attached hydrogens (primary N) is 1. The molecule has 29 heavy (non-hydrogen) atoms. The Morgan fingerprint density at radius 1 is 1.41 bits per heavy atom. The third-order valence-electron chi connectivity index (χ3n) is 5.08. The number of carbonyl (C=O) groups is 1. The first kappa shape index (κ1) is 21.0. The summed E-state index contributed by atoms with van der Waals surface area (Å²) in [4.78, 5) is 15.1. The first-order valence-corrected chi connectivity index (χ1v) is 12.3. The van der Waals surface area contributed by atoms with Crippen molar-refractivity contribution in [2.45, 2.75) is 38.3 Å². The monoisotopic (exact) mass is 584 g/mol. The third kappa shape index (κ3) is 4.76. The zero-order valence-corrected chi connectivity index (χ0v) is 20.4. The number of rotatable bonds is 6. The molecule has 4 rings (SSSR count). The number of carbonyl (C=O) groups excluding carboxylic acids is 1. The first-order chi connectivity index (χ1) is 14.0. The van der Waals surface area contributed by atoms with E-state index in [0.717, 1.165) is 52.8 Å². The maximum atomic E-state index is 13.0. The molecular weight excluding hydrogens is 563 g/mol. The summed E-state index contributed by atoms with van der Waals surface area (Å²) in [5.74, 6) is -0.0191. The molecule has 0 radical (unpaired) electrons. The SMILES string of the molecule is NCCC(Cc1cccc(I)c1)NC(=O)c1cc2c(s1)CCCn1ncc(Br)c1-2.